The zero-order valence-corrected chi connectivity index (χ0v) is 13.5. The van der Waals surface area contributed by atoms with E-state index < -0.39 is 0 Å². The van der Waals surface area contributed by atoms with Crippen LogP contribution >= 0.6 is 0 Å². The van der Waals surface area contributed by atoms with Gasteiger partial charge in [-0.15, -0.1) is 0 Å². The summed E-state index contributed by atoms with van der Waals surface area (Å²) < 4.78 is 4.73. The van der Waals surface area contributed by atoms with E-state index in [4.69, 9.17) is 4.74 Å². The van der Waals surface area contributed by atoms with Crippen molar-refractivity contribution in [2.24, 2.45) is 0 Å². The number of H-pyrrole nitrogens is 1. The van der Waals surface area contributed by atoms with Gasteiger partial charge in [-0.25, -0.2) is 4.79 Å². The number of rotatable bonds is 2. The van der Waals surface area contributed by atoms with Crippen LogP contribution in [-0.4, -0.2) is 54.2 Å². The van der Waals surface area contributed by atoms with E-state index in [1.54, 1.807) is 4.90 Å². The highest BCUT2D eigenvalue weighted by Gasteiger charge is 2.22. The average Bonchev–Trinajstić information content (AvgIpc) is 2.55. The number of nitrogens with one attached hydrogen (secondary N) is 1. The summed E-state index contributed by atoms with van der Waals surface area (Å²) in [4.78, 5) is 30.6. The predicted octanol–water partition coefficient (Wildman–Crippen LogP) is 1.72. The number of piperazine rings is 1. The van der Waals surface area contributed by atoms with Crippen molar-refractivity contribution in [1.29, 1.82) is 0 Å². The van der Waals surface area contributed by atoms with Crippen molar-refractivity contribution in [2.75, 3.05) is 33.3 Å². The van der Waals surface area contributed by atoms with Crippen LogP contribution in [0.25, 0.3) is 10.9 Å². The van der Waals surface area contributed by atoms with Crippen molar-refractivity contribution in [2.45, 2.75) is 13.5 Å². The molecule has 0 aliphatic carbocycles. The molecule has 0 bridgehead atoms. The highest BCUT2D eigenvalue weighted by atomic mass is 16.5. The number of aromatic nitrogens is 1. The molecule has 23 heavy (non-hydrogen) atoms. The molecule has 0 unspecified atom stereocenters. The van der Waals surface area contributed by atoms with Crippen molar-refractivity contribution >= 4 is 17.0 Å². The number of carbonyl (C=O) groups is 1. The van der Waals surface area contributed by atoms with Crippen molar-refractivity contribution in [1.82, 2.24) is 14.8 Å². The molecule has 122 valence electrons. The number of methoxy groups -OCH3 is 1. The summed E-state index contributed by atoms with van der Waals surface area (Å²) in [6.45, 7) is 5.32. The number of hydrogen-bond donors (Lipinski definition) is 1. The molecular weight excluding hydrogens is 294 g/mol. The topological polar surface area (TPSA) is 65.6 Å². The lowest BCUT2D eigenvalue weighted by atomic mass is 10.1. The van der Waals surface area contributed by atoms with E-state index in [2.05, 4.69) is 9.88 Å². The van der Waals surface area contributed by atoms with Crippen LogP contribution in [0.4, 0.5) is 4.79 Å². The molecule has 1 aromatic heterocycles. The monoisotopic (exact) mass is 315 g/mol. The lowest BCUT2D eigenvalue weighted by Crippen LogP contribution is -2.48. The van der Waals surface area contributed by atoms with Crippen LogP contribution in [0.3, 0.4) is 0 Å². The van der Waals surface area contributed by atoms with Gasteiger partial charge in [-0.05, 0) is 30.0 Å². The number of aromatic amines is 1. The Morgan fingerprint density at radius 3 is 2.65 bits per heavy atom. The fourth-order valence-corrected chi connectivity index (χ4v) is 2.94. The molecule has 0 saturated carbocycles. The number of aryl methyl sites for hydroxylation is 1. The fourth-order valence-electron chi connectivity index (χ4n) is 2.94. The standard InChI is InChI=1S/C17H21N3O3/c1-12-3-4-13-10-14(16(21)18-15(13)9-12)11-19-5-7-20(8-6-19)17(22)23-2/h3-4,9-10H,5-8,11H2,1-2H3,(H,18,21). The van der Waals surface area contributed by atoms with E-state index in [0.29, 0.717) is 19.6 Å². The second-order valence-corrected chi connectivity index (χ2v) is 5.95. The van der Waals surface area contributed by atoms with Crippen LogP contribution in [-0.2, 0) is 11.3 Å². The van der Waals surface area contributed by atoms with Gasteiger partial charge in [0.15, 0.2) is 0 Å². The van der Waals surface area contributed by atoms with Crippen LogP contribution in [0.5, 0.6) is 0 Å². The summed E-state index contributed by atoms with van der Waals surface area (Å²) >= 11 is 0. The fraction of sp³-hybridized carbons (Fsp3) is 0.412. The molecule has 1 saturated heterocycles. The summed E-state index contributed by atoms with van der Waals surface area (Å²) in [6, 6.07) is 8.01. The first-order chi connectivity index (χ1) is 11.1. The summed E-state index contributed by atoms with van der Waals surface area (Å²) in [6.07, 6.45) is -0.288. The van der Waals surface area contributed by atoms with Gasteiger partial charge in [0.05, 0.1) is 7.11 Å². The Balaban J connectivity index is 1.73. The quantitative estimate of drug-likeness (QED) is 0.916. The molecule has 1 N–H and O–H groups in total. The minimum Gasteiger partial charge on any atom is -0.453 e. The number of pyridine rings is 1. The third-order valence-corrected chi connectivity index (χ3v) is 4.28. The van der Waals surface area contributed by atoms with E-state index in [-0.39, 0.29) is 11.7 Å². The highest BCUT2D eigenvalue weighted by Crippen LogP contribution is 2.14. The van der Waals surface area contributed by atoms with Crippen LogP contribution in [0.2, 0.25) is 0 Å². The zero-order valence-electron chi connectivity index (χ0n) is 13.5. The number of carbonyl (C=O) groups excluding carboxylic acids is 1. The van der Waals surface area contributed by atoms with Crippen LogP contribution in [0.15, 0.2) is 29.1 Å². The second-order valence-electron chi connectivity index (χ2n) is 5.95. The van der Waals surface area contributed by atoms with Crippen molar-refractivity contribution in [3.63, 3.8) is 0 Å². The molecule has 2 heterocycles. The Hall–Kier alpha value is -2.34. The summed E-state index contributed by atoms with van der Waals surface area (Å²) in [7, 11) is 1.39. The van der Waals surface area contributed by atoms with Crippen molar-refractivity contribution < 1.29 is 9.53 Å². The summed E-state index contributed by atoms with van der Waals surface area (Å²) in [5.41, 5.74) is 2.71. The number of hydrogen-bond acceptors (Lipinski definition) is 4. The van der Waals surface area contributed by atoms with Gasteiger partial charge in [0, 0.05) is 43.8 Å². The smallest absolute Gasteiger partial charge is 0.409 e. The maximum absolute atomic E-state index is 12.3. The molecule has 0 radical (unpaired) electrons. The highest BCUT2D eigenvalue weighted by molar-refractivity contribution is 5.79. The Morgan fingerprint density at radius 2 is 1.96 bits per heavy atom. The molecule has 1 aliphatic heterocycles. The maximum Gasteiger partial charge on any atom is 0.409 e. The Bertz CT molecular complexity index is 776. The SMILES string of the molecule is COC(=O)N1CCN(Cc2cc3ccc(C)cc3[nH]c2=O)CC1. The van der Waals surface area contributed by atoms with E-state index in [0.717, 1.165) is 35.1 Å². The minimum absolute atomic E-state index is 0.0431. The Kier molecular flexibility index (Phi) is 4.34. The number of amides is 1. The predicted molar refractivity (Wildman–Crippen MR) is 88.6 cm³/mol. The molecule has 1 amide bonds. The molecule has 1 aromatic carbocycles. The molecule has 0 atom stereocenters. The van der Waals surface area contributed by atoms with E-state index in [9.17, 15) is 9.59 Å². The number of benzene rings is 1. The largest absolute Gasteiger partial charge is 0.453 e. The van der Waals surface area contributed by atoms with Gasteiger partial charge in [-0.3, -0.25) is 9.69 Å². The van der Waals surface area contributed by atoms with Crippen molar-refractivity contribution in [3.8, 4) is 0 Å². The summed E-state index contributed by atoms with van der Waals surface area (Å²) in [5, 5.41) is 1.04. The molecule has 2 aromatic rings. The van der Waals surface area contributed by atoms with Gasteiger partial charge < -0.3 is 14.6 Å². The zero-order chi connectivity index (χ0) is 16.4. The van der Waals surface area contributed by atoms with Gasteiger partial charge in [0.25, 0.3) is 5.56 Å². The molecule has 6 nitrogen and oxygen atoms in total. The first kappa shape index (κ1) is 15.6. The second kappa shape index (κ2) is 6.42. The van der Waals surface area contributed by atoms with Gasteiger partial charge in [0.1, 0.15) is 0 Å². The Morgan fingerprint density at radius 1 is 1.22 bits per heavy atom. The third kappa shape index (κ3) is 3.37. The first-order valence-electron chi connectivity index (χ1n) is 7.74. The molecule has 0 spiro atoms. The van der Waals surface area contributed by atoms with E-state index >= 15 is 0 Å². The minimum atomic E-state index is -0.288. The molecule has 1 aliphatic rings. The van der Waals surface area contributed by atoms with Crippen LogP contribution in [0.1, 0.15) is 11.1 Å². The molecule has 3 rings (SSSR count). The van der Waals surface area contributed by atoms with Gasteiger partial charge in [-0.2, -0.15) is 0 Å². The number of nitrogens with zero attached hydrogens (tertiary/aromatic N) is 2. The van der Waals surface area contributed by atoms with Gasteiger partial charge in [0.2, 0.25) is 0 Å². The average molecular weight is 315 g/mol. The van der Waals surface area contributed by atoms with E-state index in [1.807, 2.05) is 31.2 Å². The first-order valence-corrected chi connectivity index (χ1v) is 7.74. The molecule has 1 fully saturated rings. The third-order valence-electron chi connectivity index (χ3n) is 4.28. The lowest BCUT2D eigenvalue weighted by Gasteiger charge is -2.33. The van der Waals surface area contributed by atoms with Crippen LogP contribution < -0.4 is 5.56 Å². The summed E-state index contributed by atoms with van der Waals surface area (Å²) in [5.74, 6) is 0. The molecular formula is C17H21N3O3. The number of fused-ring (bicyclic) bond motifs is 1. The van der Waals surface area contributed by atoms with Gasteiger partial charge in [-0.1, -0.05) is 12.1 Å². The molecule has 6 heteroatoms. The Labute approximate surface area is 134 Å². The lowest BCUT2D eigenvalue weighted by molar-refractivity contribution is 0.0888. The van der Waals surface area contributed by atoms with E-state index in [1.165, 1.54) is 7.11 Å². The van der Waals surface area contributed by atoms with Crippen molar-refractivity contribution in [3.05, 3.63) is 45.7 Å². The van der Waals surface area contributed by atoms with Gasteiger partial charge >= 0.3 is 6.09 Å². The maximum atomic E-state index is 12.3. The normalized spacial score (nSPS) is 15.8. The van der Waals surface area contributed by atoms with Crippen LogP contribution in [0, 0.1) is 6.92 Å². The number of ether oxygens (including phenoxy) is 1.